The summed E-state index contributed by atoms with van der Waals surface area (Å²) in [7, 11) is 0. The van der Waals surface area contributed by atoms with Crippen LogP contribution in [0, 0.1) is 0 Å². The minimum Gasteiger partial charge on any atom is -0.456 e. The molecule has 0 aliphatic rings. The van der Waals surface area contributed by atoms with Crippen LogP contribution in [0.25, 0.3) is 98.4 Å². The van der Waals surface area contributed by atoms with E-state index in [4.69, 9.17) is 7.16 Å². The van der Waals surface area contributed by atoms with Crippen LogP contribution in [0.3, 0.4) is 0 Å². The smallest absolute Gasteiger partial charge is 0.136 e. The van der Waals surface area contributed by atoms with E-state index in [0.717, 1.165) is 81.7 Å². The highest BCUT2D eigenvalue weighted by atomic mass is 16.3. The van der Waals surface area contributed by atoms with Gasteiger partial charge in [-0.3, -0.25) is 0 Å². The molecule has 0 unspecified atom stereocenters. The molecular weight excluding hydrogens is 569 g/mol. The van der Waals surface area contributed by atoms with E-state index in [1.165, 1.54) is 0 Å². The van der Waals surface area contributed by atoms with Gasteiger partial charge in [0.1, 0.15) is 11.2 Å². The maximum absolute atomic E-state index is 9.75. The molecule has 0 aliphatic heterocycles. The minimum atomic E-state index is -0.192. The molecule has 0 atom stereocenters. The van der Waals surface area contributed by atoms with Crippen LogP contribution >= 0.6 is 0 Å². The third-order valence-electron chi connectivity index (χ3n) is 9.50. The Bertz CT molecular complexity index is 3020. The molecule has 0 N–H and O–H groups in total. The van der Waals surface area contributed by atoms with Crippen LogP contribution < -0.4 is 0 Å². The average Bonchev–Trinajstić information content (AvgIpc) is 3.54. The molecule has 0 aliphatic carbocycles. The van der Waals surface area contributed by atoms with E-state index in [-0.39, 0.29) is 24.2 Å². The highest BCUT2D eigenvalue weighted by molar-refractivity contribution is 6.26. The Kier molecular flexibility index (Phi) is 4.83. The summed E-state index contributed by atoms with van der Waals surface area (Å²) in [6.45, 7) is 0. The van der Waals surface area contributed by atoms with Crippen LogP contribution in [-0.2, 0) is 0 Å². The second-order valence-electron chi connectivity index (χ2n) is 12.1. The second-order valence-corrected chi connectivity index (χ2v) is 12.1. The molecular formula is C46H28O. The largest absolute Gasteiger partial charge is 0.456 e. The number of rotatable bonds is 3. The number of furan rings is 1. The van der Waals surface area contributed by atoms with Crippen molar-refractivity contribution >= 4 is 65.0 Å². The topological polar surface area (TPSA) is 13.1 Å². The van der Waals surface area contributed by atoms with Crippen LogP contribution in [0.15, 0.2) is 174 Å². The predicted molar refractivity (Wildman–Crippen MR) is 200 cm³/mol. The normalized spacial score (nSPS) is 13.0. The van der Waals surface area contributed by atoms with E-state index >= 15 is 0 Å². The summed E-state index contributed by atoms with van der Waals surface area (Å²) >= 11 is 0. The lowest BCUT2D eigenvalue weighted by Gasteiger charge is -2.19. The molecule has 0 saturated heterocycles. The summed E-state index contributed by atoms with van der Waals surface area (Å²) in [6, 6.07) is 48.7. The lowest BCUT2D eigenvalue weighted by Crippen LogP contribution is -1.91. The van der Waals surface area contributed by atoms with Crippen molar-refractivity contribution < 1.29 is 9.90 Å². The maximum Gasteiger partial charge on any atom is 0.136 e. The van der Waals surface area contributed by atoms with E-state index in [1.807, 2.05) is 84.9 Å². The Hall–Kier alpha value is -6.18. The summed E-state index contributed by atoms with van der Waals surface area (Å²) in [5, 5.41) is 9.95. The molecule has 10 rings (SSSR count). The van der Waals surface area contributed by atoms with E-state index in [1.54, 1.807) is 0 Å². The standard InChI is InChI=1S/C46H28O/c1-2-14-31-28-43-41(27-30(31)13-1)46-40(24-11-25-42(46)47-43)45-38-21-7-5-19-36(38)44(37-20-6-8-22-39(37)45)33-17-9-16-32(26-33)35-23-10-15-29-12-3-4-18-34(29)35/h1-28H/i9D,16D,17D,26D. The van der Waals surface area contributed by atoms with Gasteiger partial charge in [-0.25, -0.2) is 0 Å². The zero-order valence-corrected chi connectivity index (χ0v) is 25.3. The Balaban J connectivity index is 1.34. The van der Waals surface area contributed by atoms with Crippen LogP contribution in [-0.4, -0.2) is 0 Å². The first-order valence-corrected chi connectivity index (χ1v) is 15.9. The third kappa shape index (κ3) is 3.97. The van der Waals surface area contributed by atoms with Gasteiger partial charge in [0, 0.05) is 10.8 Å². The quantitative estimate of drug-likeness (QED) is 0.184. The second kappa shape index (κ2) is 10.2. The first kappa shape index (κ1) is 22.3. The molecule has 9 aromatic carbocycles. The molecule has 1 aromatic heterocycles. The van der Waals surface area contributed by atoms with Crippen molar-refractivity contribution in [1.82, 2.24) is 0 Å². The van der Waals surface area contributed by atoms with Crippen molar-refractivity contribution in [2.24, 2.45) is 0 Å². The molecule has 0 bridgehead atoms. The summed E-state index contributed by atoms with van der Waals surface area (Å²) in [5.41, 5.74) is 5.89. The molecule has 47 heavy (non-hydrogen) atoms. The molecule has 1 heterocycles. The van der Waals surface area contributed by atoms with Gasteiger partial charge in [-0.2, -0.15) is 0 Å². The van der Waals surface area contributed by atoms with E-state index in [9.17, 15) is 2.74 Å². The molecule has 10 aromatic rings. The van der Waals surface area contributed by atoms with Crippen molar-refractivity contribution in [2.75, 3.05) is 0 Å². The van der Waals surface area contributed by atoms with Crippen molar-refractivity contribution in [2.45, 2.75) is 0 Å². The van der Waals surface area contributed by atoms with Crippen molar-refractivity contribution in [3.63, 3.8) is 0 Å². The number of fused-ring (bicyclic) bond motifs is 7. The Morgan fingerprint density at radius 3 is 1.70 bits per heavy atom. The molecule has 0 saturated carbocycles. The number of hydrogen-bond acceptors (Lipinski definition) is 1. The monoisotopic (exact) mass is 600 g/mol. The molecule has 1 nitrogen and oxygen atoms in total. The summed E-state index contributed by atoms with van der Waals surface area (Å²) in [5.74, 6) is 0. The zero-order chi connectivity index (χ0) is 34.4. The van der Waals surface area contributed by atoms with Crippen molar-refractivity contribution in [3.05, 3.63) is 170 Å². The lowest BCUT2D eigenvalue weighted by atomic mass is 9.84. The predicted octanol–water partition coefficient (Wildman–Crippen LogP) is 13.2. The van der Waals surface area contributed by atoms with E-state index in [2.05, 4.69) is 60.7 Å². The van der Waals surface area contributed by atoms with Crippen LogP contribution in [0.2, 0.25) is 0 Å². The van der Waals surface area contributed by atoms with Gasteiger partial charge in [0.05, 0.1) is 5.48 Å². The van der Waals surface area contributed by atoms with Gasteiger partial charge in [0.2, 0.25) is 0 Å². The number of benzene rings is 9. The highest BCUT2D eigenvalue weighted by Gasteiger charge is 2.20. The zero-order valence-electron chi connectivity index (χ0n) is 29.3. The highest BCUT2D eigenvalue weighted by Crippen LogP contribution is 2.47. The Morgan fingerprint density at radius 1 is 0.404 bits per heavy atom. The van der Waals surface area contributed by atoms with Gasteiger partial charge >= 0.3 is 0 Å². The first-order chi connectivity index (χ1) is 25.0. The fraction of sp³-hybridized carbons (Fsp3) is 0. The minimum absolute atomic E-state index is 0.0789. The van der Waals surface area contributed by atoms with Gasteiger partial charge in [-0.05, 0) is 101 Å². The molecule has 0 fully saturated rings. The van der Waals surface area contributed by atoms with Gasteiger partial charge in [0.15, 0.2) is 0 Å². The van der Waals surface area contributed by atoms with Gasteiger partial charge < -0.3 is 4.42 Å². The molecule has 218 valence electrons. The third-order valence-corrected chi connectivity index (χ3v) is 9.50. The maximum atomic E-state index is 9.75. The first-order valence-electron chi connectivity index (χ1n) is 17.9. The summed E-state index contributed by atoms with van der Waals surface area (Å²) < 4.78 is 43.7. The van der Waals surface area contributed by atoms with E-state index < -0.39 is 0 Å². The fourth-order valence-corrected chi connectivity index (χ4v) is 7.45. The molecule has 1 heteroatoms. The molecule has 0 amide bonds. The fourth-order valence-electron chi connectivity index (χ4n) is 7.45. The van der Waals surface area contributed by atoms with Crippen LogP contribution in [0.4, 0.5) is 0 Å². The van der Waals surface area contributed by atoms with E-state index in [0.29, 0.717) is 16.7 Å². The number of hydrogen-bond donors (Lipinski definition) is 0. The van der Waals surface area contributed by atoms with Gasteiger partial charge in [-0.15, -0.1) is 0 Å². The average molecular weight is 601 g/mol. The Labute approximate surface area is 277 Å². The SMILES string of the molecule is [2H]c1c([2H])c(-c2cccc3ccccc23)c([2H])c(-c2c3ccccc3c(-c3cccc4oc5cc6ccccc6cc5c34)c3ccccc23)c1[2H]. The molecule has 0 spiro atoms. The van der Waals surface area contributed by atoms with Gasteiger partial charge in [0.25, 0.3) is 0 Å². The van der Waals surface area contributed by atoms with Crippen LogP contribution in [0.5, 0.6) is 0 Å². The summed E-state index contributed by atoms with van der Waals surface area (Å²) in [6.07, 6.45) is 0. The van der Waals surface area contributed by atoms with Crippen molar-refractivity contribution in [3.8, 4) is 33.4 Å². The lowest BCUT2D eigenvalue weighted by molar-refractivity contribution is 0.669. The van der Waals surface area contributed by atoms with Crippen LogP contribution in [0.1, 0.15) is 5.48 Å². The van der Waals surface area contributed by atoms with Gasteiger partial charge in [-0.1, -0.05) is 146 Å². The summed E-state index contributed by atoms with van der Waals surface area (Å²) in [4.78, 5) is 0. The van der Waals surface area contributed by atoms with Crippen molar-refractivity contribution in [1.29, 1.82) is 0 Å². The molecule has 0 radical (unpaired) electrons. The Morgan fingerprint density at radius 2 is 0.957 bits per heavy atom.